The second-order valence-corrected chi connectivity index (χ2v) is 9.07. The summed E-state index contributed by atoms with van der Waals surface area (Å²) in [6, 6.07) is 19.1. The topological polar surface area (TPSA) is 112 Å². The fraction of sp³-hybridized carbons (Fsp3) is 0.138. The van der Waals surface area contributed by atoms with E-state index >= 15 is 0 Å². The van der Waals surface area contributed by atoms with Gasteiger partial charge in [0.05, 0.1) is 44.7 Å². The maximum Gasteiger partial charge on any atom is 0.290 e. The number of nitrogens with zero attached hydrogens (tertiary/aromatic N) is 3. The minimum atomic E-state index is -0.471. The number of rotatable bonds is 10. The van der Waals surface area contributed by atoms with Crippen LogP contribution in [0.3, 0.4) is 0 Å². The molecule has 0 spiro atoms. The first-order valence-corrected chi connectivity index (χ1v) is 12.6. The molecule has 0 aliphatic rings. The molecule has 0 bridgehead atoms. The highest BCUT2D eigenvalue weighted by molar-refractivity contribution is 6.30. The summed E-state index contributed by atoms with van der Waals surface area (Å²) in [7, 11) is 3.10. The fourth-order valence-electron chi connectivity index (χ4n) is 4.08. The van der Waals surface area contributed by atoms with Gasteiger partial charge in [0.25, 0.3) is 5.91 Å². The average Bonchev–Trinajstić information content (AvgIpc) is 3.75. The Morgan fingerprint density at radius 3 is 2.40 bits per heavy atom. The Morgan fingerprint density at radius 2 is 1.73 bits per heavy atom. The Hall–Kier alpha value is -4.96. The van der Waals surface area contributed by atoms with Crippen LogP contribution in [0, 0.1) is 0 Å². The van der Waals surface area contributed by atoms with Crippen LogP contribution in [0.4, 0.5) is 5.95 Å². The first-order chi connectivity index (χ1) is 19.4. The predicted molar refractivity (Wildman–Crippen MR) is 148 cm³/mol. The zero-order valence-corrected chi connectivity index (χ0v) is 22.4. The van der Waals surface area contributed by atoms with Gasteiger partial charge in [-0.25, -0.2) is 4.98 Å². The molecule has 0 atom stereocenters. The molecule has 3 heterocycles. The fourth-order valence-corrected chi connectivity index (χ4v) is 4.21. The number of ether oxygens (including phenoxy) is 2. The number of hydrogen-bond donors (Lipinski definition) is 1. The Balaban J connectivity index is 1.46. The van der Waals surface area contributed by atoms with Gasteiger partial charge in [0, 0.05) is 22.8 Å². The van der Waals surface area contributed by atoms with Crippen molar-refractivity contribution in [3.63, 3.8) is 0 Å². The minimum absolute atomic E-state index is 0.0695. The summed E-state index contributed by atoms with van der Waals surface area (Å²) in [5.74, 6) is 1.00. The smallest absolute Gasteiger partial charge is 0.290 e. The number of halogens is 1. The SMILES string of the molecule is COc1ccc(-n2cc(-c3ccc(Cl)cc3)nc2NC(=O)CN(Cc2ccco2)C(=O)c2ccco2)cc1OC. The van der Waals surface area contributed by atoms with E-state index in [1.165, 1.54) is 23.5 Å². The number of carbonyl (C=O) groups excluding carboxylic acids is 2. The number of amides is 2. The van der Waals surface area contributed by atoms with Gasteiger partial charge in [-0.1, -0.05) is 23.7 Å². The summed E-state index contributed by atoms with van der Waals surface area (Å²) in [5, 5.41) is 3.44. The van der Waals surface area contributed by atoms with Crippen molar-refractivity contribution in [1.82, 2.24) is 14.5 Å². The van der Waals surface area contributed by atoms with Crippen LogP contribution >= 0.6 is 11.6 Å². The first kappa shape index (κ1) is 26.6. The highest BCUT2D eigenvalue weighted by atomic mass is 35.5. The quantitative estimate of drug-likeness (QED) is 0.234. The van der Waals surface area contributed by atoms with E-state index in [2.05, 4.69) is 10.3 Å². The second-order valence-electron chi connectivity index (χ2n) is 8.63. The largest absolute Gasteiger partial charge is 0.493 e. The number of benzene rings is 2. The molecule has 0 aliphatic heterocycles. The summed E-state index contributed by atoms with van der Waals surface area (Å²) in [5.41, 5.74) is 2.06. The van der Waals surface area contributed by atoms with Crippen LogP contribution in [0.2, 0.25) is 5.02 Å². The molecule has 5 rings (SSSR count). The molecule has 3 aromatic heterocycles. The normalized spacial score (nSPS) is 10.8. The van der Waals surface area contributed by atoms with Crippen LogP contribution in [0.15, 0.2) is 94.3 Å². The first-order valence-electron chi connectivity index (χ1n) is 12.2. The Labute approximate surface area is 234 Å². The van der Waals surface area contributed by atoms with Crippen molar-refractivity contribution in [1.29, 1.82) is 0 Å². The van der Waals surface area contributed by atoms with E-state index in [1.54, 1.807) is 67.4 Å². The van der Waals surface area contributed by atoms with Crippen molar-refractivity contribution in [3.8, 4) is 28.4 Å². The number of methoxy groups -OCH3 is 2. The minimum Gasteiger partial charge on any atom is -0.493 e. The second kappa shape index (κ2) is 11.8. The highest BCUT2D eigenvalue weighted by Crippen LogP contribution is 2.32. The molecule has 11 heteroatoms. The van der Waals surface area contributed by atoms with Crippen molar-refractivity contribution in [2.75, 3.05) is 26.1 Å². The van der Waals surface area contributed by atoms with E-state index in [4.69, 9.17) is 29.9 Å². The summed E-state index contributed by atoms with van der Waals surface area (Å²) in [6.07, 6.45) is 4.69. The molecular formula is C29H25ClN4O6. The lowest BCUT2D eigenvalue weighted by molar-refractivity contribution is -0.117. The van der Waals surface area contributed by atoms with Crippen molar-refractivity contribution in [3.05, 3.63) is 102 Å². The standard InChI is InChI=1S/C29H25ClN4O6/c1-37-24-12-11-21(15-26(24)38-2)34-17-23(19-7-9-20(30)10-8-19)31-29(34)32-27(35)18-33(16-22-5-3-13-39-22)28(36)25-6-4-14-40-25/h3-15,17H,16,18H2,1-2H3,(H,31,32,35). The molecule has 0 fully saturated rings. The maximum absolute atomic E-state index is 13.3. The number of furan rings is 2. The third-order valence-corrected chi connectivity index (χ3v) is 6.27. The lowest BCUT2D eigenvalue weighted by atomic mass is 10.2. The summed E-state index contributed by atoms with van der Waals surface area (Å²) in [4.78, 5) is 32.5. The van der Waals surface area contributed by atoms with Crippen LogP contribution < -0.4 is 14.8 Å². The molecule has 0 unspecified atom stereocenters. The Morgan fingerprint density at radius 1 is 0.975 bits per heavy atom. The molecule has 0 aliphatic carbocycles. The molecule has 1 N–H and O–H groups in total. The molecule has 5 aromatic rings. The third kappa shape index (κ3) is 5.87. The van der Waals surface area contributed by atoms with Gasteiger partial charge < -0.3 is 23.2 Å². The number of imidazole rings is 1. The monoisotopic (exact) mass is 560 g/mol. The van der Waals surface area contributed by atoms with Crippen molar-refractivity contribution >= 4 is 29.4 Å². The molecular weight excluding hydrogens is 536 g/mol. The summed E-state index contributed by atoms with van der Waals surface area (Å²) in [6.45, 7) is -0.213. The van der Waals surface area contributed by atoms with E-state index in [1.807, 2.05) is 18.2 Å². The van der Waals surface area contributed by atoms with Crippen molar-refractivity contribution < 1.29 is 27.9 Å². The van der Waals surface area contributed by atoms with Crippen molar-refractivity contribution in [2.45, 2.75) is 6.54 Å². The maximum atomic E-state index is 13.3. The lowest BCUT2D eigenvalue weighted by Gasteiger charge is -2.20. The molecule has 40 heavy (non-hydrogen) atoms. The molecule has 10 nitrogen and oxygen atoms in total. The number of aromatic nitrogens is 2. The zero-order valence-electron chi connectivity index (χ0n) is 21.7. The van der Waals surface area contributed by atoms with E-state index in [-0.39, 0.29) is 24.8 Å². The van der Waals surface area contributed by atoms with Crippen LogP contribution in [-0.4, -0.2) is 47.0 Å². The number of carbonyl (C=O) groups is 2. The Bertz CT molecular complexity index is 1590. The van der Waals surface area contributed by atoms with Gasteiger partial charge in [-0.3, -0.25) is 19.5 Å². The molecule has 0 saturated carbocycles. The van der Waals surface area contributed by atoms with Gasteiger partial charge in [-0.15, -0.1) is 0 Å². The van der Waals surface area contributed by atoms with E-state index < -0.39 is 11.8 Å². The molecule has 0 saturated heterocycles. The Kier molecular flexibility index (Phi) is 7.88. The molecule has 2 amide bonds. The van der Waals surface area contributed by atoms with Crippen LogP contribution in [0.25, 0.3) is 16.9 Å². The van der Waals surface area contributed by atoms with Gasteiger partial charge in [-0.2, -0.15) is 0 Å². The van der Waals surface area contributed by atoms with Gasteiger partial charge >= 0.3 is 0 Å². The van der Waals surface area contributed by atoms with Crippen molar-refractivity contribution in [2.24, 2.45) is 0 Å². The van der Waals surface area contributed by atoms with Gasteiger partial charge in [0.15, 0.2) is 17.3 Å². The molecule has 0 radical (unpaired) electrons. The highest BCUT2D eigenvalue weighted by Gasteiger charge is 2.24. The van der Waals surface area contributed by atoms with Crippen LogP contribution in [-0.2, 0) is 11.3 Å². The molecule has 2 aromatic carbocycles. The third-order valence-electron chi connectivity index (χ3n) is 6.02. The van der Waals surface area contributed by atoms with E-state index in [0.29, 0.717) is 33.7 Å². The van der Waals surface area contributed by atoms with E-state index in [9.17, 15) is 9.59 Å². The zero-order chi connectivity index (χ0) is 28.1. The number of hydrogen-bond acceptors (Lipinski definition) is 7. The average molecular weight is 561 g/mol. The summed E-state index contributed by atoms with van der Waals surface area (Å²) < 4.78 is 23.2. The van der Waals surface area contributed by atoms with E-state index in [0.717, 1.165) is 5.56 Å². The van der Waals surface area contributed by atoms with Crippen LogP contribution in [0.5, 0.6) is 11.5 Å². The predicted octanol–water partition coefficient (Wildman–Crippen LogP) is 5.68. The van der Waals surface area contributed by atoms with Gasteiger partial charge in [0.1, 0.15) is 12.3 Å². The number of anilines is 1. The molecule has 204 valence electrons. The summed E-state index contributed by atoms with van der Waals surface area (Å²) >= 11 is 6.07. The lowest BCUT2D eigenvalue weighted by Crippen LogP contribution is -2.37. The van der Waals surface area contributed by atoms with Crippen LogP contribution in [0.1, 0.15) is 16.3 Å². The van der Waals surface area contributed by atoms with Gasteiger partial charge in [0.2, 0.25) is 11.9 Å². The van der Waals surface area contributed by atoms with Gasteiger partial charge in [-0.05, 0) is 48.5 Å². The number of nitrogens with one attached hydrogen (secondary N) is 1.